The van der Waals surface area contributed by atoms with E-state index in [1.54, 1.807) is 46.9 Å². The molecule has 8 aromatic rings. The molecule has 0 bridgehead atoms. The molecule has 0 fully saturated rings. The van der Waals surface area contributed by atoms with Crippen LogP contribution in [0.5, 0.6) is 11.5 Å². The summed E-state index contributed by atoms with van der Waals surface area (Å²) in [6.45, 7) is 0. The van der Waals surface area contributed by atoms with E-state index in [0.717, 1.165) is 52.2 Å². The summed E-state index contributed by atoms with van der Waals surface area (Å²) in [5, 5.41) is 4.38. The minimum absolute atomic E-state index is 0.342. The lowest BCUT2D eigenvalue weighted by atomic mass is 9.87. The number of benzene rings is 6. The van der Waals surface area contributed by atoms with Gasteiger partial charge in [-0.3, -0.25) is 0 Å². The van der Waals surface area contributed by atoms with Crippen molar-refractivity contribution in [2.24, 2.45) is 0 Å². The molecular formula is C46H28F2O2S2. The van der Waals surface area contributed by atoms with E-state index in [1.807, 2.05) is 84.9 Å². The van der Waals surface area contributed by atoms with Crippen molar-refractivity contribution in [1.82, 2.24) is 0 Å². The maximum Gasteiger partial charge on any atom is 0.190 e. The van der Waals surface area contributed by atoms with Crippen molar-refractivity contribution in [3.05, 3.63) is 201 Å². The van der Waals surface area contributed by atoms with Crippen LogP contribution in [0.25, 0.3) is 43.5 Å². The molecule has 0 saturated carbocycles. The number of halogens is 2. The van der Waals surface area contributed by atoms with Gasteiger partial charge in [-0.25, -0.2) is 8.78 Å². The van der Waals surface area contributed by atoms with Crippen molar-refractivity contribution in [1.29, 1.82) is 0 Å². The van der Waals surface area contributed by atoms with Crippen molar-refractivity contribution in [3.63, 3.8) is 0 Å². The summed E-state index contributed by atoms with van der Waals surface area (Å²) in [5.41, 5.74) is 0.461. The summed E-state index contributed by atoms with van der Waals surface area (Å²) in [5.74, 6) is 0.703. The van der Waals surface area contributed by atoms with Gasteiger partial charge in [-0.15, -0.1) is 22.7 Å². The second-order valence-electron chi connectivity index (χ2n) is 13.0. The van der Waals surface area contributed by atoms with Gasteiger partial charge in [0.25, 0.3) is 0 Å². The zero-order valence-corrected chi connectivity index (χ0v) is 29.2. The topological polar surface area (TPSA) is 18.5 Å². The van der Waals surface area contributed by atoms with Crippen LogP contribution in [0.4, 0.5) is 8.78 Å². The second-order valence-corrected chi connectivity index (χ2v) is 15.2. The molecule has 0 amide bonds. The third kappa shape index (κ3) is 4.71. The van der Waals surface area contributed by atoms with Crippen LogP contribution in [0.3, 0.4) is 0 Å². The van der Waals surface area contributed by atoms with E-state index >= 15 is 8.78 Å². The van der Waals surface area contributed by atoms with Gasteiger partial charge >= 0.3 is 0 Å². The zero-order chi connectivity index (χ0) is 34.9. The minimum atomic E-state index is -1.18. The Morgan fingerprint density at radius 1 is 0.423 bits per heavy atom. The summed E-state index contributed by atoms with van der Waals surface area (Å²) in [6.07, 6.45) is 8.07. The molecule has 0 spiro atoms. The summed E-state index contributed by atoms with van der Waals surface area (Å²) in [6, 6.07) is 46.2. The Hall–Kier alpha value is -5.82. The normalized spacial score (nSPS) is 18.9. The molecule has 0 N–H and O–H groups in total. The number of rotatable bonds is 5. The lowest BCUT2D eigenvalue weighted by Crippen LogP contribution is -2.34. The summed E-state index contributed by atoms with van der Waals surface area (Å²) >= 11 is 3.11. The first-order chi connectivity index (χ1) is 25.5. The molecule has 2 aromatic heterocycles. The van der Waals surface area contributed by atoms with Gasteiger partial charge in [0.15, 0.2) is 11.2 Å². The van der Waals surface area contributed by atoms with Gasteiger partial charge < -0.3 is 9.47 Å². The Morgan fingerprint density at radius 3 is 1.31 bits per heavy atom. The summed E-state index contributed by atoms with van der Waals surface area (Å²) < 4.78 is 45.3. The van der Waals surface area contributed by atoms with Crippen molar-refractivity contribution >= 4 is 56.4 Å². The maximum atomic E-state index is 15.7. The average Bonchev–Trinajstić information content (AvgIpc) is 3.90. The molecule has 6 heteroatoms. The highest BCUT2D eigenvalue weighted by Crippen LogP contribution is 2.51. The molecule has 6 aromatic carbocycles. The van der Waals surface area contributed by atoms with Gasteiger partial charge in [0.2, 0.25) is 0 Å². The quantitative estimate of drug-likeness (QED) is 0.177. The SMILES string of the molecule is Fc1ccccc1C1(c2ccc(-c3ccc(C4(c5ccccc5F)C=Cc5c(ccc6ccccc56)O4)s3)s2)C=Cc2c(ccc3ccccc23)O1. The number of ether oxygens (including phenoxy) is 2. The van der Waals surface area contributed by atoms with Crippen LogP contribution in [0.15, 0.2) is 158 Å². The fourth-order valence-corrected chi connectivity index (χ4v) is 9.92. The first kappa shape index (κ1) is 31.0. The molecule has 4 heterocycles. The second kappa shape index (κ2) is 11.9. The number of thiophene rings is 2. The van der Waals surface area contributed by atoms with E-state index in [9.17, 15) is 0 Å². The standard InChI is InChI=1S/C46H28F2O2S2/c47-37-15-7-5-13-35(37)45(27-25-33-31-11-3-1-9-29(31)17-19-39(33)49-45)43-23-21-41(51-43)42-22-24-44(52-42)46(36-14-6-8-16-38(36)48)28-26-34-32-12-4-2-10-30(32)18-20-40(34)50-46/h1-28H. The summed E-state index contributed by atoms with van der Waals surface area (Å²) in [4.78, 5) is 3.66. The van der Waals surface area contributed by atoms with Crippen molar-refractivity contribution < 1.29 is 18.3 Å². The highest BCUT2D eigenvalue weighted by atomic mass is 32.1. The monoisotopic (exact) mass is 714 g/mol. The van der Waals surface area contributed by atoms with E-state index in [2.05, 4.69) is 48.6 Å². The average molecular weight is 715 g/mol. The lowest BCUT2D eigenvalue weighted by molar-refractivity contribution is 0.160. The maximum absolute atomic E-state index is 15.7. The predicted octanol–water partition coefficient (Wildman–Crippen LogP) is 12.8. The van der Waals surface area contributed by atoms with Gasteiger partial charge in [0.05, 0.1) is 9.75 Å². The van der Waals surface area contributed by atoms with Gasteiger partial charge in [-0.05, 0) is 94.4 Å². The largest absolute Gasteiger partial charge is 0.472 e. The van der Waals surface area contributed by atoms with E-state index in [1.165, 1.54) is 12.1 Å². The number of fused-ring (bicyclic) bond motifs is 6. The third-order valence-electron chi connectivity index (χ3n) is 10.1. The fourth-order valence-electron chi connectivity index (χ4n) is 7.57. The number of hydrogen-bond donors (Lipinski definition) is 0. The first-order valence-corrected chi connectivity index (χ1v) is 18.7. The molecule has 0 radical (unpaired) electrons. The van der Waals surface area contributed by atoms with E-state index in [-0.39, 0.29) is 11.6 Å². The predicted molar refractivity (Wildman–Crippen MR) is 209 cm³/mol. The minimum Gasteiger partial charge on any atom is -0.472 e. The highest BCUT2D eigenvalue weighted by molar-refractivity contribution is 7.22. The molecule has 2 atom stereocenters. The molecule has 2 nitrogen and oxygen atoms in total. The molecule has 52 heavy (non-hydrogen) atoms. The van der Waals surface area contributed by atoms with E-state index in [0.29, 0.717) is 22.6 Å². The lowest BCUT2D eigenvalue weighted by Gasteiger charge is -2.35. The van der Waals surface area contributed by atoms with Crippen LogP contribution < -0.4 is 9.47 Å². The molecule has 2 aliphatic rings. The molecule has 250 valence electrons. The Morgan fingerprint density at radius 2 is 0.846 bits per heavy atom. The van der Waals surface area contributed by atoms with Crippen LogP contribution in [0.2, 0.25) is 0 Å². The molecule has 10 rings (SSSR count). The van der Waals surface area contributed by atoms with Crippen LogP contribution >= 0.6 is 22.7 Å². The Balaban J connectivity index is 1.08. The van der Waals surface area contributed by atoms with Gasteiger partial charge in [0.1, 0.15) is 23.1 Å². The smallest absolute Gasteiger partial charge is 0.190 e. The van der Waals surface area contributed by atoms with Crippen molar-refractivity contribution in [2.45, 2.75) is 11.2 Å². The zero-order valence-electron chi connectivity index (χ0n) is 27.6. The van der Waals surface area contributed by atoms with E-state index < -0.39 is 11.2 Å². The summed E-state index contributed by atoms with van der Waals surface area (Å²) in [7, 11) is 0. The third-order valence-corrected chi connectivity index (χ3v) is 12.7. The molecule has 0 aliphatic carbocycles. The first-order valence-electron chi connectivity index (χ1n) is 17.0. The highest BCUT2D eigenvalue weighted by Gasteiger charge is 2.43. The van der Waals surface area contributed by atoms with E-state index in [4.69, 9.17) is 9.47 Å². The van der Waals surface area contributed by atoms with Crippen molar-refractivity contribution in [3.8, 4) is 21.3 Å². The molecular weight excluding hydrogens is 687 g/mol. The molecule has 2 aliphatic heterocycles. The molecule has 0 saturated heterocycles. The Labute approximate surface area is 307 Å². The number of hydrogen-bond acceptors (Lipinski definition) is 4. The van der Waals surface area contributed by atoms with Crippen LogP contribution in [0, 0.1) is 11.6 Å². The Bertz CT molecular complexity index is 2570. The fraction of sp³-hybridized carbons (Fsp3) is 0.0435. The van der Waals surface area contributed by atoms with Gasteiger partial charge in [-0.2, -0.15) is 0 Å². The molecule has 2 unspecified atom stereocenters. The van der Waals surface area contributed by atoms with Crippen LogP contribution in [-0.2, 0) is 11.2 Å². The Kier molecular flexibility index (Phi) is 7.07. The van der Waals surface area contributed by atoms with Gasteiger partial charge in [0, 0.05) is 32.0 Å². The van der Waals surface area contributed by atoms with Crippen molar-refractivity contribution in [2.75, 3.05) is 0 Å². The van der Waals surface area contributed by atoms with Crippen LogP contribution in [0.1, 0.15) is 32.0 Å². The van der Waals surface area contributed by atoms with Crippen LogP contribution in [-0.4, -0.2) is 0 Å². The van der Waals surface area contributed by atoms with Gasteiger partial charge in [-0.1, -0.05) is 97.1 Å².